The number of ether oxygens (including phenoxy) is 1. The highest BCUT2D eigenvalue weighted by Gasteiger charge is 2.05. The number of phenolic OH excluding ortho intramolecular Hbond substituents is 2. The van der Waals surface area contributed by atoms with Crippen molar-refractivity contribution in [2.75, 3.05) is 7.11 Å². The average Bonchev–Trinajstić information content (AvgIpc) is 2.37. The number of hydrogen-bond acceptors (Lipinski definition) is 3. The molecule has 0 atom stereocenters. The average molecular weight is 242 g/mol. The van der Waals surface area contributed by atoms with E-state index in [2.05, 4.69) is 6.58 Å². The molecular weight excluding hydrogens is 228 g/mol. The lowest BCUT2D eigenvalue weighted by atomic mass is 9.99. The molecule has 3 heteroatoms. The Bertz CT molecular complexity index is 551. The van der Waals surface area contributed by atoms with Gasteiger partial charge in [0.05, 0.1) is 7.11 Å². The Morgan fingerprint density at radius 1 is 0.944 bits per heavy atom. The third kappa shape index (κ3) is 2.46. The molecule has 0 unspecified atom stereocenters. The van der Waals surface area contributed by atoms with Gasteiger partial charge in [0.1, 0.15) is 17.2 Å². The van der Waals surface area contributed by atoms with E-state index in [1.165, 1.54) is 6.07 Å². The van der Waals surface area contributed by atoms with Gasteiger partial charge in [0.25, 0.3) is 0 Å². The molecule has 0 bridgehead atoms. The minimum absolute atomic E-state index is 0.0136. The molecule has 0 aliphatic rings. The number of rotatable bonds is 3. The molecule has 2 rings (SSSR count). The van der Waals surface area contributed by atoms with Gasteiger partial charge in [0.15, 0.2) is 0 Å². The van der Waals surface area contributed by atoms with E-state index in [1.54, 1.807) is 19.2 Å². The third-order valence-electron chi connectivity index (χ3n) is 2.69. The topological polar surface area (TPSA) is 49.7 Å². The van der Waals surface area contributed by atoms with Crippen molar-refractivity contribution in [3.8, 4) is 17.2 Å². The quantitative estimate of drug-likeness (QED) is 0.869. The fourth-order valence-electron chi connectivity index (χ4n) is 1.73. The van der Waals surface area contributed by atoms with Gasteiger partial charge in [-0.15, -0.1) is 0 Å². The lowest BCUT2D eigenvalue weighted by molar-refractivity contribution is 0.415. The summed E-state index contributed by atoms with van der Waals surface area (Å²) in [6, 6.07) is 11.8. The molecule has 92 valence electrons. The SMILES string of the molecule is C=C(c1ccc(OC)cc1)c1cc(O)cc(O)c1. The van der Waals surface area contributed by atoms with Crippen LogP contribution in [0, 0.1) is 0 Å². The molecule has 2 aromatic rings. The van der Waals surface area contributed by atoms with Gasteiger partial charge in [-0.05, 0) is 41.0 Å². The van der Waals surface area contributed by atoms with Gasteiger partial charge in [0.2, 0.25) is 0 Å². The Kier molecular flexibility index (Phi) is 3.24. The summed E-state index contributed by atoms with van der Waals surface area (Å²) in [6.07, 6.45) is 0. The van der Waals surface area contributed by atoms with Crippen molar-refractivity contribution in [1.82, 2.24) is 0 Å². The smallest absolute Gasteiger partial charge is 0.119 e. The van der Waals surface area contributed by atoms with Crippen molar-refractivity contribution in [3.05, 3.63) is 60.2 Å². The molecular formula is C15H14O3. The first-order chi connectivity index (χ1) is 8.60. The largest absolute Gasteiger partial charge is 0.508 e. The fraction of sp³-hybridized carbons (Fsp3) is 0.0667. The predicted molar refractivity (Wildman–Crippen MR) is 70.9 cm³/mol. The van der Waals surface area contributed by atoms with Crippen LogP contribution >= 0.6 is 0 Å². The lowest BCUT2D eigenvalue weighted by Gasteiger charge is -2.08. The van der Waals surface area contributed by atoms with Crippen molar-refractivity contribution in [2.45, 2.75) is 0 Å². The van der Waals surface area contributed by atoms with Crippen LogP contribution < -0.4 is 4.74 Å². The Balaban J connectivity index is 2.34. The van der Waals surface area contributed by atoms with E-state index in [-0.39, 0.29) is 11.5 Å². The van der Waals surface area contributed by atoms with Crippen LogP contribution in [0.2, 0.25) is 0 Å². The van der Waals surface area contributed by atoms with E-state index >= 15 is 0 Å². The standard InChI is InChI=1S/C15H14O3/c1-10(11-3-5-15(18-2)6-4-11)12-7-13(16)9-14(17)8-12/h3-9,16-17H,1H2,2H3. The lowest BCUT2D eigenvalue weighted by Crippen LogP contribution is -1.87. The van der Waals surface area contributed by atoms with Crippen LogP contribution in [-0.4, -0.2) is 17.3 Å². The van der Waals surface area contributed by atoms with Crippen molar-refractivity contribution in [1.29, 1.82) is 0 Å². The summed E-state index contributed by atoms with van der Waals surface area (Å²) in [5.41, 5.74) is 2.31. The predicted octanol–water partition coefficient (Wildman–Crippen LogP) is 3.17. The first-order valence-electron chi connectivity index (χ1n) is 5.47. The van der Waals surface area contributed by atoms with Crippen LogP contribution in [-0.2, 0) is 0 Å². The van der Waals surface area contributed by atoms with Crippen molar-refractivity contribution < 1.29 is 14.9 Å². The summed E-state index contributed by atoms with van der Waals surface area (Å²) in [7, 11) is 1.61. The van der Waals surface area contributed by atoms with Crippen LogP contribution in [0.15, 0.2) is 49.0 Å². The highest BCUT2D eigenvalue weighted by atomic mass is 16.5. The van der Waals surface area contributed by atoms with Crippen LogP contribution in [0.5, 0.6) is 17.2 Å². The molecule has 0 saturated heterocycles. The molecule has 0 saturated carbocycles. The van der Waals surface area contributed by atoms with Crippen LogP contribution in [0.4, 0.5) is 0 Å². The zero-order valence-electron chi connectivity index (χ0n) is 10.1. The van der Waals surface area contributed by atoms with E-state index in [0.717, 1.165) is 16.9 Å². The molecule has 3 nitrogen and oxygen atoms in total. The van der Waals surface area contributed by atoms with Gasteiger partial charge < -0.3 is 14.9 Å². The Hall–Kier alpha value is -2.42. The zero-order valence-corrected chi connectivity index (χ0v) is 10.1. The number of hydrogen-bond donors (Lipinski definition) is 2. The molecule has 2 N–H and O–H groups in total. The Morgan fingerprint density at radius 2 is 1.50 bits per heavy atom. The zero-order chi connectivity index (χ0) is 13.1. The minimum Gasteiger partial charge on any atom is -0.508 e. The van der Waals surface area contributed by atoms with Gasteiger partial charge in [0, 0.05) is 6.07 Å². The maximum Gasteiger partial charge on any atom is 0.119 e. The number of aromatic hydroxyl groups is 2. The molecule has 0 aromatic heterocycles. The summed E-state index contributed by atoms with van der Waals surface area (Å²) in [4.78, 5) is 0. The molecule has 0 spiro atoms. The monoisotopic (exact) mass is 242 g/mol. The number of benzene rings is 2. The fourth-order valence-corrected chi connectivity index (χ4v) is 1.73. The third-order valence-corrected chi connectivity index (χ3v) is 2.69. The van der Waals surface area contributed by atoms with Gasteiger partial charge in [-0.1, -0.05) is 18.7 Å². The summed E-state index contributed by atoms with van der Waals surface area (Å²) in [6.45, 7) is 3.97. The highest BCUT2D eigenvalue weighted by molar-refractivity contribution is 5.79. The summed E-state index contributed by atoms with van der Waals surface area (Å²) in [5, 5.41) is 18.9. The van der Waals surface area contributed by atoms with Crippen molar-refractivity contribution >= 4 is 5.57 Å². The van der Waals surface area contributed by atoms with E-state index in [4.69, 9.17) is 4.74 Å². The molecule has 0 aliphatic heterocycles. The van der Waals surface area contributed by atoms with Gasteiger partial charge in [-0.25, -0.2) is 0 Å². The second-order valence-corrected chi connectivity index (χ2v) is 3.95. The van der Waals surface area contributed by atoms with E-state index in [0.29, 0.717) is 5.56 Å². The van der Waals surface area contributed by atoms with E-state index < -0.39 is 0 Å². The first-order valence-corrected chi connectivity index (χ1v) is 5.47. The second-order valence-electron chi connectivity index (χ2n) is 3.95. The van der Waals surface area contributed by atoms with Crippen LogP contribution in [0.25, 0.3) is 5.57 Å². The van der Waals surface area contributed by atoms with Gasteiger partial charge in [-0.2, -0.15) is 0 Å². The van der Waals surface area contributed by atoms with Crippen LogP contribution in [0.1, 0.15) is 11.1 Å². The Morgan fingerprint density at radius 3 is 2.00 bits per heavy atom. The Labute approximate surface area is 106 Å². The normalized spacial score (nSPS) is 10.1. The van der Waals surface area contributed by atoms with Crippen LogP contribution in [0.3, 0.4) is 0 Å². The molecule has 0 amide bonds. The minimum atomic E-state index is 0.0136. The van der Waals surface area contributed by atoms with Gasteiger partial charge >= 0.3 is 0 Å². The number of phenols is 2. The molecule has 0 fully saturated rings. The summed E-state index contributed by atoms with van der Waals surface area (Å²) >= 11 is 0. The molecule has 2 aromatic carbocycles. The molecule has 0 heterocycles. The maximum absolute atomic E-state index is 9.45. The first kappa shape index (κ1) is 12.0. The van der Waals surface area contributed by atoms with Crippen molar-refractivity contribution in [2.24, 2.45) is 0 Å². The summed E-state index contributed by atoms with van der Waals surface area (Å²) < 4.78 is 5.08. The highest BCUT2D eigenvalue weighted by Crippen LogP contribution is 2.29. The van der Waals surface area contributed by atoms with Crippen molar-refractivity contribution in [3.63, 3.8) is 0 Å². The second kappa shape index (κ2) is 4.84. The van der Waals surface area contributed by atoms with Gasteiger partial charge in [-0.3, -0.25) is 0 Å². The molecule has 0 radical (unpaired) electrons. The molecule has 18 heavy (non-hydrogen) atoms. The number of methoxy groups -OCH3 is 1. The van der Waals surface area contributed by atoms with E-state index in [9.17, 15) is 10.2 Å². The molecule has 0 aliphatic carbocycles. The maximum atomic E-state index is 9.45. The van der Waals surface area contributed by atoms with E-state index in [1.807, 2.05) is 24.3 Å². The summed E-state index contributed by atoms with van der Waals surface area (Å²) in [5.74, 6) is 0.796.